The van der Waals surface area contributed by atoms with Gasteiger partial charge in [-0.05, 0) is 126 Å². The van der Waals surface area contributed by atoms with E-state index in [1.54, 1.807) is 0 Å². The van der Waals surface area contributed by atoms with E-state index in [9.17, 15) is 38.4 Å². The van der Waals surface area contributed by atoms with Crippen LogP contribution in [0.2, 0.25) is 0 Å². The summed E-state index contributed by atoms with van der Waals surface area (Å²) in [5, 5.41) is 47.7. The number of carboxylic acids is 4. The highest BCUT2D eigenvalue weighted by atomic mass is 16.4. The zero-order valence-corrected chi connectivity index (χ0v) is 61.6. The smallest absolute Gasteiger partial charge is 0.307 e. The van der Waals surface area contributed by atoms with Gasteiger partial charge >= 0.3 is 23.9 Å². The molecule has 0 spiro atoms. The van der Waals surface area contributed by atoms with Crippen LogP contribution in [0.4, 0.5) is 0 Å². The van der Waals surface area contributed by atoms with E-state index in [1.807, 2.05) is 0 Å². The molecule has 0 aromatic carbocycles. The molecule has 4 aliphatic rings. The molecule has 16 heteroatoms. The van der Waals surface area contributed by atoms with Crippen molar-refractivity contribution in [3.8, 4) is 0 Å². The molecule has 4 fully saturated rings. The summed E-state index contributed by atoms with van der Waals surface area (Å²) in [6.07, 6.45) is 62.9. The molecule has 16 nitrogen and oxygen atoms in total. The SMILES string of the molecule is CCCCCCCCCCC1CCC(NC(=O)CC(C(=O)NC2CCC(CCCCCCCCCC)CC2)C(CC(=O)NC2CCC(CCCCCCCCCC)CC2)C(=O)NC2CCC(CCCCCCCCCC)CC2)CC1.O=C(O)CC(C(=O)O)C(CC(=O)O)C(=O)O. The second kappa shape index (κ2) is 54.6. The van der Waals surface area contributed by atoms with Gasteiger partial charge in [0.15, 0.2) is 0 Å². The van der Waals surface area contributed by atoms with Gasteiger partial charge < -0.3 is 41.7 Å². The number of hydrogen-bond donors (Lipinski definition) is 8. The van der Waals surface area contributed by atoms with Crippen LogP contribution in [0, 0.1) is 47.3 Å². The molecule has 96 heavy (non-hydrogen) atoms. The van der Waals surface area contributed by atoms with Gasteiger partial charge in [-0.2, -0.15) is 0 Å². The van der Waals surface area contributed by atoms with Gasteiger partial charge in [0.2, 0.25) is 23.6 Å². The molecule has 0 aromatic heterocycles. The standard InChI is InChI=1S/C72H134N4O4.C8H10O8/c1-5-9-13-17-21-25-29-33-37-59-41-49-63(50-42-59)73-69(77)57-67(71(79)75-65-53-45-61(46-54-65)39-35-31-27-23-19-15-11-7-3)68(72(80)76-66-55-47-62(48-56-66)40-36-32-28-24-20-16-12-8-4)58-70(78)74-64-51-43-60(44-52-64)38-34-30-26-22-18-14-10-6-2;9-5(10)1-3(7(13)14)4(8(15)16)2-6(11)12/h59-68H,5-58H2,1-4H3,(H,73,77)(H,74,78)(H,75,79)(H,76,80);3-4H,1-2H2,(H,9,10)(H,11,12)(H,13,14)(H,15,16). The Morgan fingerprint density at radius 3 is 0.656 bits per heavy atom. The quantitative estimate of drug-likeness (QED) is 0.0264. The van der Waals surface area contributed by atoms with Crippen LogP contribution >= 0.6 is 0 Å². The van der Waals surface area contributed by atoms with E-state index in [1.165, 1.54) is 231 Å². The molecule has 0 aromatic rings. The molecule has 0 heterocycles. The van der Waals surface area contributed by atoms with Gasteiger partial charge in [0.25, 0.3) is 0 Å². The van der Waals surface area contributed by atoms with Crippen molar-refractivity contribution in [3.63, 3.8) is 0 Å². The second-order valence-corrected chi connectivity index (χ2v) is 30.8. The van der Waals surface area contributed by atoms with Gasteiger partial charge in [-0.15, -0.1) is 0 Å². The third-order valence-corrected chi connectivity index (χ3v) is 22.6. The summed E-state index contributed by atoms with van der Waals surface area (Å²) >= 11 is 0. The lowest BCUT2D eigenvalue weighted by Crippen LogP contribution is -2.51. The minimum Gasteiger partial charge on any atom is -0.481 e. The van der Waals surface area contributed by atoms with E-state index in [-0.39, 0.29) is 60.6 Å². The lowest BCUT2D eigenvalue weighted by molar-refractivity contribution is -0.160. The Balaban J connectivity index is 0.00000132. The van der Waals surface area contributed by atoms with Crippen molar-refractivity contribution in [2.24, 2.45) is 47.3 Å². The van der Waals surface area contributed by atoms with Gasteiger partial charge in [-0.3, -0.25) is 38.4 Å². The first kappa shape index (κ1) is 86.0. The van der Waals surface area contributed by atoms with Crippen molar-refractivity contribution in [1.82, 2.24) is 21.3 Å². The number of nitrogens with one attached hydrogen (secondary N) is 4. The number of carbonyl (C=O) groups excluding carboxylic acids is 4. The molecule has 4 rings (SSSR count). The summed E-state index contributed by atoms with van der Waals surface area (Å²) in [4.78, 5) is 101. The maximum absolute atomic E-state index is 15.0. The minimum absolute atomic E-state index is 0.0362. The number of unbranched alkanes of at least 4 members (excludes halogenated alkanes) is 28. The summed E-state index contributed by atoms with van der Waals surface area (Å²) in [5.74, 6) is -9.42. The fourth-order valence-electron chi connectivity index (χ4n) is 16.3. The first-order chi connectivity index (χ1) is 46.5. The molecular formula is C80H144N4O12. The zero-order valence-electron chi connectivity index (χ0n) is 61.6. The third-order valence-electron chi connectivity index (χ3n) is 22.6. The normalized spacial score (nSPS) is 22.5. The molecule has 8 N–H and O–H groups in total. The lowest BCUT2D eigenvalue weighted by Gasteiger charge is -2.34. The van der Waals surface area contributed by atoms with Gasteiger partial charge in [-0.1, -0.05) is 259 Å². The van der Waals surface area contributed by atoms with Gasteiger partial charge in [0.05, 0.1) is 36.5 Å². The number of hydrogen-bond acceptors (Lipinski definition) is 8. The van der Waals surface area contributed by atoms with Crippen LogP contribution in [-0.4, -0.2) is 92.1 Å². The van der Waals surface area contributed by atoms with Crippen LogP contribution in [0.3, 0.4) is 0 Å². The van der Waals surface area contributed by atoms with Crippen molar-refractivity contribution in [2.75, 3.05) is 0 Å². The number of aliphatic carboxylic acids is 4. The van der Waals surface area contributed by atoms with Crippen LogP contribution in [0.1, 0.15) is 387 Å². The van der Waals surface area contributed by atoms with Gasteiger partial charge in [0.1, 0.15) is 0 Å². The monoisotopic (exact) mass is 1350 g/mol. The molecular weight excluding hydrogens is 1210 g/mol. The van der Waals surface area contributed by atoms with Crippen molar-refractivity contribution in [1.29, 1.82) is 0 Å². The van der Waals surface area contributed by atoms with Crippen molar-refractivity contribution in [3.05, 3.63) is 0 Å². The maximum atomic E-state index is 15.0. The molecule has 4 amide bonds. The predicted octanol–water partition coefficient (Wildman–Crippen LogP) is 19.2. The Morgan fingerprint density at radius 2 is 0.458 bits per heavy atom. The first-order valence-corrected chi connectivity index (χ1v) is 40.5. The van der Waals surface area contributed by atoms with Crippen LogP contribution in [0.15, 0.2) is 0 Å². The van der Waals surface area contributed by atoms with E-state index >= 15 is 0 Å². The van der Waals surface area contributed by atoms with Crippen LogP contribution < -0.4 is 21.3 Å². The summed E-state index contributed by atoms with van der Waals surface area (Å²) in [6, 6.07) is 0.266. The summed E-state index contributed by atoms with van der Waals surface area (Å²) in [6.45, 7) is 9.14. The Kier molecular flexibility index (Phi) is 48.9. The number of rotatable bonds is 54. The highest BCUT2D eigenvalue weighted by molar-refractivity contribution is 5.94. The Labute approximate surface area is 583 Å². The predicted molar refractivity (Wildman–Crippen MR) is 387 cm³/mol. The van der Waals surface area contributed by atoms with E-state index in [2.05, 4.69) is 49.0 Å². The highest BCUT2D eigenvalue weighted by Crippen LogP contribution is 2.35. The van der Waals surface area contributed by atoms with Crippen LogP contribution in [-0.2, 0) is 38.4 Å². The number of carboxylic acid groups (broad SMARTS) is 4. The van der Waals surface area contributed by atoms with Crippen molar-refractivity contribution in [2.45, 2.75) is 411 Å². The summed E-state index contributed by atoms with van der Waals surface area (Å²) < 4.78 is 0. The fraction of sp³-hybridized carbons (Fsp3) is 0.900. The minimum atomic E-state index is -1.76. The molecule has 4 atom stereocenters. The summed E-state index contributed by atoms with van der Waals surface area (Å²) in [7, 11) is 0. The van der Waals surface area contributed by atoms with E-state index in [0.29, 0.717) is 11.8 Å². The molecule has 0 aliphatic heterocycles. The van der Waals surface area contributed by atoms with E-state index in [4.69, 9.17) is 20.4 Å². The number of amides is 4. The highest BCUT2D eigenvalue weighted by Gasteiger charge is 2.41. The first-order valence-electron chi connectivity index (χ1n) is 40.5. The Morgan fingerprint density at radius 1 is 0.260 bits per heavy atom. The van der Waals surface area contributed by atoms with Gasteiger partial charge in [0, 0.05) is 37.0 Å². The fourth-order valence-corrected chi connectivity index (χ4v) is 16.3. The van der Waals surface area contributed by atoms with E-state index < -0.39 is 60.4 Å². The zero-order chi connectivity index (χ0) is 70.0. The second-order valence-electron chi connectivity index (χ2n) is 30.8. The Bertz CT molecular complexity index is 1930. The third kappa shape index (κ3) is 40.7. The van der Waals surface area contributed by atoms with Crippen LogP contribution in [0.5, 0.6) is 0 Å². The summed E-state index contributed by atoms with van der Waals surface area (Å²) in [5.41, 5.74) is 0. The largest absolute Gasteiger partial charge is 0.481 e. The maximum Gasteiger partial charge on any atom is 0.307 e. The molecule has 0 bridgehead atoms. The number of carbonyl (C=O) groups is 8. The molecule has 4 aliphatic carbocycles. The topological polar surface area (TPSA) is 266 Å². The molecule has 556 valence electrons. The van der Waals surface area contributed by atoms with Crippen molar-refractivity contribution >= 4 is 47.5 Å². The molecule has 4 saturated carbocycles. The average molecular weight is 1350 g/mol. The van der Waals surface area contributed by atoms with Crippen molar-refractivity contribution < 1.29 is 58.8 Å². The lowest BCUT2D eigenvalue weighted by atomic mass is 9.80. The van der Waals surface area contributed by atoms with Crippen LogP contribution in [0.25, 0.3) is 0 Å². The molecule has 0 radical (unpaired) electrons. The van der Waals surface area contributed by atoms with E-state index in [0.717, 1.165) is 115 Å². The van der Waals surface area contributed by atoms with Gasteiger partial charge in [-0.25, -0.2) is 0 Å². The Hall–Kier alpha value is -4.24. The molecule has 4 unspecified atom stereocenters. The average Bonchev–Trinajstić information content (AvgIpc) is 0.849. The molecule has 0 saturated heterocycles.